The molecule has 1 aromatic rings. The zero-order chi connectivity index (χ0) is 11.0. The van der Waals surface area contributed by atoms with Crippen molar-refractivity contribution in [2.24, 2.45) is 5.73 Å². The molecule has 1 atom stereocenters. The van der Waals surface area contributed by atoms with Crippen LogP contribution in [0.2, 0.25) is 0 Å². The Hall–Kier alpha value is -1.50. The number of hydrogen-bond donors (Lipinski definition) is 2. The van der Waals surface area contributed by atoms with Crippen LogP contribution in [-0.4, -0.2) is 17.3 Å². The standard InChI is InChI=1S/C7H6F3NO3/c8-7(9,10)6(11,5(12)13)4-1-2-14-3-4/h1-3H,11H2,(H,12,13). The van der Waals surface area contributed by atoms with Gasteiger partial charge in [-0.25, -0.2) is 4.79 Å². The molecule has 0 fully saturated rings. The molecule has 78 valence electrons. The summed E-state index contributed by atoms with van der Waals surface area (Å²) in [5.41, 5.74) is 0.741. The summed E-state index contributed by atoms with van der Waals surface area (Å²) >= 11 is 0. The molecule has 3 N–H and O–H groups in total. The summed E-state index contributed by atoms with van der Waals surface area (Å²) in [6.07, 6.45) is -3.50. The first-order chi connectivity index (χ1) is 6.30. The van der Waals surface area contributed by atoms with Crippen molar-refractivity contribution < 1.29 is 27.5 Å². The Balaban J connectivity index is 3.27. The monoisotopic (exact) mass is 209 g/mol. The van der Waals surface area contributed by atoms with E-state index < -0.39 is 23.2 Å². The molecule has 0 aliphatic heterocycles. The number of nitrogens with two attached hydrogens (primary N) is 1. The lowest BCUT2D eigenvalue weighted by Crippen LogP contribution is -2.56. The Morgan fingerprint density at radius 3 is 2.36 bits per heavy atom. The number of aliphatic carboxylic acids is 1. The van der Waals surface area contributed by atoms with Gasteiger partial charge in [0.15, 0.2) is 0 Å². The summed E-state index contributed by atoms with van der Waals surface area (Å²) in [6.45, 7) is 0. The van der Waals surface area contributed by atoms with Crippen LogP contribution in [0.15, 0.2) is 23.0 Å². The van der Waals surface area contributed by atoms with E-state index >= 15 is 0 Å². The number of halogens is 3. The summed E-state index contributed by atoms with van der Waals surface area (Å²) < 4.78 is 41.5. The van der Waals surface area contributed by atoms with E-state index in [-0.39, 0.29) is 0 Å². The molecule has 0 radical (unpaired) electrons. The van der Waals surface area contributed by atoms with Crippen molar-refractivity contribution >= 4 is 5.97 Å². The lowest BCUT2D eigenvalue weighted by molar-refractivity contribution is -0.204. The number of carbonyl (C=O) groups is 1. The fourth-order valence-corrected chi connectivity index (χ4v) is 0.897. The third-order valence-corrected chi connectivity index (χ3v) is 1.76. The first-order valence-corrected chi connectivity index (χ1v) is 3.42. The average Bonchev–Trinajstić information content (AvgIpc) is 2.52. The Bertz CT molecular complexity index is 332. The highest BCUT2D eigenvalue weighted by Crippen LogP contribution is 2.37. The van der Waals surface area contributed by atoms with Crippen LogP contribution in [0.5, 0.6) is 0 Å². The van der Waals surface area contributed by atoms with Crippen molar-refractivity contribution in [2.45, 2.75) is 11.7 Å². The number of alkyl halides is 3. The molecule has 0 aliphatic rings. The lowest BCUT2D eigenvalue weighted by Gasteiger charge is -2.25. The first kappa shape index (κ1) is 10.6. The largest absolute Gasteiger partial charge is 0.479 e. The molecule has 0 aliphatic carbocycles. The normalized spacial score (nSPS) is 16.3. The highest BCUT2D eigenvalue weighted by atomic mass is 19.4. The summed E-state index contributed by atoms with van der Waals surface area (Å²) in [5.74, 6) is -2.17. The van der Waals surface area contributed by atoms with Gasteiger partial charge in [0.2, 0.25) is 5.54 Å². The van der Waals surface area contributed by atoms with Gasteiger partial charge in [-0.15, -0.1) is 0 Å². The zero-order valence-electron chi connectivity index (χ0n) is 6.71. The maximum Gasteiger partial charge on any atom is 0.421 e. The highest BCUT2D eigenvalue weighted by Gasteiger charge is 2.60. The SMILES string of the molecule is NC(C(=O)O)(c1ccoc1)C(F)(F)F. The molecule has 4 nitrogen and oxygen atoms in total. The Labute approximate surface area is 76.1 Å². The van der Waals surface area contributed by atoms with Crippen LogP contribution >= 0.6 is 0 Å². The van der Waals surface area contributed by atoms with Gasteiger partial charge in [0.25, 0.3) is 0 Å². The van der Waals surface area contributed by atoms with Gasteiger partial charge in [-0.1, -0.05) is 0 Å². The molecule has 0 saturated carbocycles. The van der Waals surface area contributed by atoms with Crippen molar-refractivity contribution in [1.29, 1.82) is 0 Å². The second kappa shape index (κ2) is 3.02. The molecule has 14 heavy (non-hydrogen) atoms. The van der Waals surface area contributed by atoms with Crippen LogP contribution in [0.3, 0.4) is 0 Å². The van der Waals surface area contributed by atoms with E-state index in [9.17, 15) is 18.0 Å². The molecule has 1 aromatic heterocycles. The summed E-state index contributed by atoms with van der Waals surface area (Å²) in [7, 11) is 0. The lowest BCUT2D eigenvalue weighted by atomic mass is 9.93. The minimum Gasteiger partial charge on any atom is -0.479 e. The minimum absolute atomic E-state index is 0.641. The predicted octanol–water partition coefficient (Wildman–Crippen LogP) is 1.08. The van der Waals surface area contributed by atoms with Gasteiger partial charge < -0.3 is 15.3 Å². The van der Waals surface area contributed by atoms with Gasteiger partial charge >= 0.3 is 12.1 Å². The van der Waals surface area contributed by atoms with E-state index in [1.54, 1.807) is 0 Å². The van der Waals surface area contributed by atoms with Crippen molar-refractivity contribution in [2.75, 3.05) is 0 Å². The third kappa shape index (κ3) is 1.35. The maximum atomic E-state index is 12.4. The molecule has 0 amide bonds. The Morgan fingerprint density at radius 2 is 2.07 bits per heavy atom. The number of hydrogen-bond acceptors (Lipinski definition) is 3. The molecule has 7 heteroatoms. The van der Waals surface area contributed by atoms with Gasteiger partial charge in [0.1, 0.15) is 0 Å². The van der Waals surface area contributed by atoms with Crippen LogP contribution in [0, 0.1) is 0 Å². The van der Waals surface area contributed by atoms with Crippen LogP contribution in [0.4, 0.5) is 13.2 Å². The quantitative estimate of drug-likeness (QED) is 0.764. The number of carboxylic acid groups (broad SMARTS) is 1. The molecule has 1 unspecified atom stereocenters. The van der Waals surface area contributed by atoms with Crippen LogP contribution in [0.1, 0.15) is 5.56 Å². The van der Waals surface area contributed by atoms with E-state index in [1.165, 1.54) is 0 Å². The van der Waals surface area contributed by atoms with Crippen molar-refractivity contribution in [3.05, 3.63) is 24.2 Å². The molecule has 0 saturated heterocycles. The molecule has 0 bridgehead atoms. The number of carboxylic acids is 1. The summed E-state index contributed by atoms with van der Waals surface area (Å²) in [5, 5.41) is 8.45. The molecular weight excluding hydrogens is 203 g/mol. The van der Waals surface area contributed by atoms with Gasteiger partial charge in [-0.05, 0) is 6.07 Å². The minimum atomic E-state index is -5.08. The van der Waals surface area contributed by atoms with Crippen molar-refractivity contribution in [1.82, 2.24) is 0 Å². The second-order valence-corrected chi connectivity index (χ2v) is 2.62. The fraction of sp³-hybridized carbons (Fsp3) is 0.286. The van der Waals surface area contributed by atoms with Gasteiger partial charge in [0.05, 0.1) is 12.5 Å². The molecule has 1 rings (SSSR count). The smallest absolute Gasteiger partial charge is 0.421 e. The van der Waals surface area contributed by atoms with Crippen molar-refractivity contribution in [3.63, 3.8) is 0 Å². The highest BCUT2D eigenvalue weighted by molar-refractivity contribution is 5.81. The van der Waals surface area contributed by atoms with Gasteiger partial charge in [-0.2, -0.15) is 13.2 Å². The summed E-state index contributed by atoms with van der Waals surface area (Å²) in [4.78, 5) is 10.5. The fourth-order valence-electron chi connectivity index (χ4n) is 0.897. The molecule has 0 aromatic carbocycles. The Morgan fingerprint density at radius 1 is 1.50 bits per heavy atom. The average molecular weight is 209 g/mol. The van der Waals surface area contributed by atoms with E-state index in [1.807, 2.05) is 0 Å². The van der Waals surface area contributed by atoms with E-state index in [4.69, 9.17) is 10.8 Å². The van der Waals surface area contributed by atoms with E-state index in [0.717, 1.165) is 12.3 Å². The van der Waals surface area contributed by atoms with Crippen LogP contribution < -0.4 is 5.73 Å². The van der Waals surface area contributed by atoms with E-state index in [2.05, 4.69) is 4.42 Å². The van der Waals surface area contributed by atoms with Crippen LogP contribution in [-0.2, 0) is 10.3 Å². The molecular formula is C7H6F3NO3. The van der Waals surface area contributed by atoms with Crippen molar-refractivity contribution in [3.8, 4) is 0 Å². The number of furan rings is 1. The second-order valence-electron chi connectivity index (χ2n) is 2.62. The van der Waals surface area contributed by atoms with Crippen LogP contribution in [0.25, 0.3) is 0 Å². The first-order valence-electron chi connectivity index (χ1n) is 3.42. The number of rotatable bonds is 2. The topological polar surface area (TPSA) is 76.5 Å². The molecule has 1 heterocycles. The molecule has 0 spiro atoms. The van der Waals surface area contributed by atoms with Gasteiger partial charge in [-0.3, -0.25) is 0 Å². The predicted molar refractivity (Wildman–Crippen MR) is 38.3 cm³/mol. The zero-order valence-corrected chi connectivity index (χ0v) is 6.71. The summed E-state index contributed by atoms with van der Waals surface area (Å²) in [6, 6.07) is 0.863. The Kier molecular flexibility index (Phi) is 2.28. The van der Waals surface area contributed by atoms with Gasteiger partial charge in [0, 0.05) is 5.56 Å². The van der Waals surface area contributed by atoms with E-state index in [0.29, 0.717) is 6.26 Å². The maximum absolute atomic E-state index is 12.4. The third-order valence-electron chi connectivity index (χ3n) is 1.76.